The van der Waals surface area contributed by atoms with E-state index in [1.165, 1.54) is 4.31 Å². The summed E-state index contributed by atoms with van der Waals surface area (Å²) < 4.78 is 32.5. The van der Waals surface area contributed by atoms with Gasteiger partial charge in [0.1, 0.15) is 10.6 Å². The largest absolute Gasteiger partial charge is 0.497 e. The van der Waals surface area contributed by atoms with Gasteiger partial charge < -0.3 is 9.64 Å². The van der Waals surface area contributed by atoms with E-state index < -0.39 is 10.0 Å². The lowest BCUT2D eigenvalue weighted by Crippen LogP contribution is -2.48. The van der Waals surface area contributed by atoms with Gasteiger partial charge in [-0.15, -0.1) is 0 Å². The third-order valence-electron chi connectivity index (χ3n) is 4.32. The van der Waals surface area contributed by atoms with E-state index in [9.17, 15) is 8.42 Å². The Labute approximate surface area is 142 Å². The Morgan fingerprint density at radius 1 is 1.17 bits per heavy atom. The molecule has 24 heavy (non-hydrogen) atoms. The zero-order chi connectivity index (χ0) is 17.3. The highest BCUT2D eigenvalue weighted by molar-refractivity contribution is 7.89. The molecule has 7 nitrogen and oxygen atoms in total. The summed E-state index contributed by atoms with van der Waals surface area (Å²) in [4.78, 5) is 2.47. The second-order valence-electron chi connectivity index (χ2n) is 5.86. The highest BCUT2D eigenvalue weighted by Gasteiger charge is 2.32. The van der Waals surface area contributed by atoms with Gasteiger partial charge in [-0.2, -0.15) is 9.40 Å². The van der Waals surface area contributed by atoms with Crippen LogP contribution in [0.4, 0.5) is 5.69 Å². The van der Waals surface area contributed by atoms with Crippen LogP contribution in [0.2, 0.25) is 0 Å². The lowest BCUT2D eigenvalue weighted by molar-refractivity contribution is 0.383. The van der Waals surface area contributed by atoms with Crippen LogP contribution in [0.15, 0.2) is 29.2 Å². The summed E-state index contributed by atoms with van der Waals surface area (Å²) >= 11 is 0. The zero-order valence-corrected chi connectivity index (χ0v) is 14.9. The molecule has 1 aromatic carbocycles. The lowest BCUT2D eigenvalue weighted by atomic mass is 10.2. The maximum absolute atomic E-state index is 12.9. The fourth-order valence-corrected chi connectivity index (χ4v) is 4.80. The van der Waals surface area contributed by atoms with Crippen molar-refractivity contribution in [2.24, 2.45) is 0 Å². The first kappa shape index (κ1) is 16.8. The Bertz CT molecular complexity index is 804. The molecule has 0 amide bonds. The number of aromatic amines is 1. The number of piperazine rings is 1. The first-order chi connectivity index (χ1) is 11.4. The predicted octanol–water partition coefficient (Wildman–Crippen LogP) is 1.55. The summed E-state index contributed by atoms with van der Waals surface area (Å²) in [6, 6.07) is 7.82. The summed E-state index contributed by atoms with van der Waals surface area (Å²) in [6.07, 6.45) is 0. The molecule has 0 spiro atoms. The van der Waals surface area contributed by atoms with Crippen LogP contribution < -0.4 is 9.64 Å². The number of rotatable bonds is 4. The van der Waals surface area contributed by atoms with Crippen molar-refractivity contribution in [2.45, 2.75) is 18.7 Å². The molecule has 0 unspecified atom stereocenters. The summed E-state index contributed by atoms with van der Waals surface area (Å²) in [5, 5.41) is 6.75. The Kier molecular flexibility index (Phi) is 4.51. The minimum absolute atomic E-state index is 0.303. The van der Waals surface area contributed by atoms with Crippen LogP contribution in [0.1, 0.15) is 11.4 Å². The monoisotopic (exact) mass is 350 g/mol. The van der Waals surface area contributed by atoms with Gasteiger partial charge in [0.15, 0.2) is 0 Å². The summed E-state index contributed by atoms with van der Waals surface area (Å²) in [5.41, 5.74) is 2.15. The third-order valence-corrected chi connectivity index (χ3v) is 6.48. The van der Waals surface area contributed by atoms with Crippen LogP contribution in [0.25, 0.3) is 0 Å². The molecule has 1 saturated heterocycles. The molecule has 0 bridgehead atoms. The van der Waals surface area contributed by atoms with Gasteiger partial charge in [-0.1, -0.05) is 6.07 Å². The molecule has 0 aliphatic carbocycles. The molecule has 0 atom stereocenters. The van der Waals surface area contributed by atoms with Crippen molar-refractivity contribution in [3.8, 4) is 5.75 Å². The second-order valence-corrected chi connectivity index (χ2v) is 7.73. The number of nitrogens with zero attached hydrogens (tertiary/aromatic N) is 3. The van der Waals surface area contributed by atoms with Gasteiger partial charge in [-0.25, -0.2) is 8.42 Å². The SMILES string of the molecule is COc1cccc(N2CCN(S(=O)(=O)c3c(C)n[nH]c3C)CC2)c1. The minimum Gasteiger partial charge on any atom is -0.497 e. The molecular formula is C16H22N4O3S. The normalized spacial score (nSPS) is 16.4. The summed E-state index contributed by atoms with van der Waals surface area (Å²) in [7, 11) is -1.87. The van der Waals surface area contributed by atoms with Crippen LogP contribution in [0, 0.1) is 13.8 Å². The van der Waals surface area contributed by atoms with Crippen LogP contribution >= 0.6 is 0 Å². The fraction of sp³-hybridized carbons (Fsp3) is 0.438. The molecule has 1 aliphatic rings. The van der Waals surface area contributed by atoms with Crippen LogP contribution in [0.5, 0.6) is 5.75 Å². The molecule has 1 aliphatic heterocycles. The van der Waals surface area contributed by atoms with Gasteiger partial charge in [0.05, 0.1) is 18.5 Å². The average molecular weight is 350 g/mol. The van der Waals surface area contributed by atoms with E-state index in [0.29, 0.717) is 42.5 Å². The van der Waals surface area contributed by atoms with Crippen LogP contribution in [0.3, 0.4) is 0 Å². The van der Waals surface area contributed by atoms with E-state index in [1.807, 2.05) is 24.3 Å². The van der Waals surface area contributed by atoms with Crippen molar-refractivity contribution >= 4 is 15.7 Å². The quantitative estimate of drug-likeness (QED) is 0.905. The number of aryl methyl sites for hydroxylation is 2. The molecular weight excluding hydrogens is 328 g/mol. The van der Waals surface area contributed by atoms with Gasteiger partial charge in [0, 0.05) is 37.9 Å². The van der Waals surface area contributed by atoms with Crippen molar-refractivity contribution in [1.82, 2.24) is 14.5 Å². The van der Waals surface area contributed by atoms with Crippen molar-refractivity contribution in [3.63, 3.8) is 0 Å². The fourth-order valence-electron chi connectivity index (χ4n) is 3.04. The molecule has 1 aromatic heterocycles. The molecule has 0 radical (unpaired) electrons. The van der Waals surface area contributed by atoms with Gasteiger partial charge in [-0.3, -0.25) is 5.10 Å². The van der Waals surface area contributed by atoms with E-state index >= 15 is 0 Å². The van der Waals surface area contributed by atoms with Crippen molar-refractivity contribution < 1.29 is 13.2 Å². The first-order valence-electron chi connectivity index (χ1n) is 7.84. The second kappa shape index (κ2) is 6.45. The maximum Gasteiger partial charge on any atom is 0.246 e. The number of benzene rings is 1. The van der Waals surface area contributed by atoms with Crippen LogP contribution in [-0.2, 0) is 10.0 Å². The van der Waals surface area contributed by atoms with Gasteiger partial charge in [-0.05, 0) is 26.0 Å². The number of anilines is 1. The molecule has 1 fully saturated rings. The highest BCUT2D eigenvalue weighted by atomic mass is 32.2. The number of methoxy groups -OCH3 is 1. The molecule has 130 valence electrons. The van der Waals surface area contributed by atoms with Crippen molar-refractivity contribution in [1.29, 1.82) is 0 Å². The average Bonchev–Trinajstić information content (AvgIpc) is 2.94. The summed E-state index contributed by atoms with van der Waals surface area (Å²) in [6.45, 7) is 5.63. The highest BCUT2D eigenvalue weighted by Crippen LogP contribution is 2.26. The van der Waals surface area contributed by atoms with Crippen molar-refractivity contribution in [2.75, 3.05) is 38.2 Å². The molecule has 8 heteroatoms. The van der Waals surface area contributed by atoms with Crippen LogP contribution in [-0.4, -0.2) is 56.2 Å². The number of aromatic nitrogens is 2. The molecule has 0 saturated carbocycles. The molecule has 3 rings (SSSR count). The van der Waals surface area contributed by atoms with E-state index in [1.54, 1.807) is 21.0 Å². The number of sulfonamides is 1. The number of H-pyrrole nitrogens is 1. The van der Waals surface area contributed by atoms with E-state index in [2.05, 4.69) is 15.1 Å². The standard InChI is InChI=1S/C16H22N4O3S/c1-12-16(13(2)18-17-12)24(21,22)20-9-7-19(8-10-20)14-5-4-6-15(11-14)23-3/h4-6,11H,7-10H2,1-3H3,(H,17,18). The number of hydrogen-bond donors (Lipinski definition) is 1. The number of hydrogen-bond acceptors (Lipinski definition) is 5. The Balaban J connectivity index is 1.75. The Morgan fingerprint density at radius 2 is 1.88 bits per heavy atom. The topological polar surface area (TPSA) is 78.5 Å². The number of ether oxygens (including phenoxy) is 1. The summed E-state index contributed by atoms with van der Waals surface area (Å²) in [5.74, 6) is 0.798. The predicted molar refractivity (Wildman–Crippen MR) is 92.0 cm³/mol. The van der Waals surface area contributed by atoms with Gasteiger partial charge in [0.2, 0.25) is 10.0 Å². The van der Waals surface area contributed by atoms with E-state index in [4.69, 9.17) is 4.74 Å². The third kappa shape index (κ3) is 2.99. The van der Waals surface area contributed by atoms with Crippen molar-refractivity contribution in [3.05, 3.63) is 35.7 Å². The van der Waals surface area contributed by atoms with Gasteiger partial charge >= 0.3 is 0 Å². The minimum atomic E-state index is -3.51. The molecule has 1 N–H and O–H groups in total. The number of nitrogens with one attached hydrogen (secondary N) is 1. The Morgan fingerprint density at radius 3 is 2.46 bits per heavy atom. The van der Waals surface area contributed by atoms with E-state index in [-0.39, 0.29) is 0 Å². The Hall–Kier alpha value is -2.06. The molecule has 2 aromatic rings. The maximum atomic E-state index is 12.9. The van der Waals surface area contributed by atoms with E-state index in [0.717, 1.165) is 11.4 Å². The first-order valence-corrected chi connectivity index (χ1v) is 9.28. The lowest BCUT2D eigenvalue weighted by Gasteiger charge is -2.35. The zero-order valence-electron chi connectivity index (χ0n) is 14.1. The van der Waals surface area contributed by atoms with Gasteiger partial charge in [0.25, 0.3) is 0 Å². The molecule has 2 heterocycles. The smallest absolute Gasteiger partial charge is 0.246 e.